The molecule has 1 heterocycles. The van der Waals surface area contributed by atoms with Gasteiger partial charge < -0.3 is 4.74 Å². The number of hydrogen-bond donors (Lipinski definition) is 0. The SMILES string of the molecule is CCOC(C)CN1C(=O)C=C(C)C1=O. The van der Waals surface area contributed by atoms with Crippen molar-refractivity contribution < 1.29 is 14.3 Å². The molecule has 0 spiro atoms. The lowest BCUT2D eigenvalue weighted by Crippen LogP contribution is -2.37. The second-order valence-corrected chi connectivity index (χ2v) is 3.35. The fourth-order valence-corrected chi connectivity index (χ4v) is 1.41. The average molecular weight is 197 g/mol. The molecule has 2 amide bonds. The number of hydrogen-bond acceptors (Lipinski definition) is 3. The third-order valence-corrected chi connectivity index (χ3v) is 2.08. The Morgan fingerprint density at radius 2 is 2.14 bits per heavy atom. The quantitative estimate of drug-likeness (QED) is 0.624. The summed E-state index contributed by atoms with van der Waals surface area (Å²) in [5, 5.41) is 0. The lowest BCUT2D eigenvalue weighted by atomic mass is 10.3. The molecule has 1 atom stereocenters. The molecular weight excluding hydrogens is 182 g/mol. The van der Waals surface area contributed by atoms with Gasteiger partial charge in [-0.25, -0.2) is 0 Å². The van der Waals surface area contributed by atoms with Crippen LogP contribution in [0.5, 0.6) is 0 Å². The molecule has 1 aliphatic heterocycles. The van der Waals surface area contributed by atoms with Crippen molar-refractivity contribution >= 4 is 11.8 Å². The molecule has 1 aliphatic rings. The van der Waals surface area contributed by atoms with Crippen LogP contribution in [0.3, 0.4) is 0 Å². The van der Waals surface area contributed by atoms with Crippen LogP contribution in [-0.2, 0) is 14.3 Å². The van der Waals surface area contributed by atoms with Crippen LogP contribution in [0.2, 0.25) is 0 Å². The van der Waals surface area contributed by atoms with E-state index in [1.165, 1.54) is 11.0 Å². The molecule has 0 fully saturated rings. The summed E-state index contributed by atoms with van der Waals surface area (Å²) in [4.78, 5) is 24.0. The molecule has 0 aromatic heterocycles. The molecule has 14 heavy (non-hydrogen) atoms. The van der Waals surface area contributed by atoms with Crippen molar-refractivity contribution in [3.05, 3.63) is 11.6 Å². The van der Waals surface area contributed by atoms with E-state index in [-0.39, 0.29) is 17.9 Å². The van der Waals surface area contributed by atoms with Gasteiger partial charge in [0.2, 0.25) is 0 Å². The van der Waals surface area contributed by atoms with Crippen molar-refractivity contribution in [1.82, 2.24) is 4.90 Å². The third-order valence-electron chi connectivity index (χ3n) is 2.08. The van der Waals surface area contributed by atoms with Crippen LogP contribution < -0.4 is 0 Å². The maximum absolute atomic E-state index is 11.4. The Labute approximate surface area is 83.5 Å². The molecule has 0 aromatic rings. The Bertz CT molecular complexity index is 283. The van der Waals surface area contributed by atoms with Crippen molar-refractivity contribution in [3.63, 3.8) is 0 Å². The number of carbonyl (C=O) groups excluding carboxylic acids is 2. The number of rotatable bonds is 4. The zero-order chi connectivity index (χ0) is 10.7. The minimum absolute atomic E-state index is 0.104. The van der Waals surface area contributed by atoms with Gasteiger partial charge in [0.1, 0.15) is 0 Å². The lowest BCUT2D eigenvalue weighted by molar-refractivity contribution is -0.139. The second-order valence-electron chi connectivity index (χ2n) is 3.35. The van der Waals surface area contributed by atoms with E-state index in [2.05, 4.69) is 0 Å². The molecular formula is C10H15NO3. The second kappa shape index (κ2) is 4.37. The van der Waals surface area contributed by atoms with Crippen molar-refractivity contribution in [2.24, 2.45) is 0 Å². The van der Waals surface area contributed by atoms with Crippen LogP contribution >= 0.6 is 0 Å². The highest BCUT2D eigenvalue weighted by Crippen LogP contribution is 2.12. The smallest absolute Gasteiger partial charge is 0.256 e. The molecule has 1 unspecified atom stereocenters. The molecule has 78 valence electrons. The van der Waals surface area contributed by atoms with Crippen molar-refractivity contribution in [1.29, 1.82) is 0 Å². The average Bonchev–Trinajstić information content (AvgIpc) is 2.33. The molecule has 0 radical (unpaired) electrons. The Morgan fingerprint density at radius 3 is 2.57 bits per heavy atom. The van der Waals surface area contributed by atoms with E-state index in [4.69, 9.17) is 4.74 Å². The standard InChI is InChI=1S/C10H15NO3/c1-4-14-8(3)6-11-9(12)5-7(2)10(11)13/h5,8H,4,6H2,1-3H3. The first-order valence-electron chi connectivity index (χ1n) is 4.72. The number of amides is 2. The van der Waals surface area contributed by atoms with Crippen LogP contribution in [-0.4, -0.2) is 36.0 Å². The molecule has 4 nitrogen and oxygen atoms in total. The Hall–Kier alpha value is -1.16. The summed E-state index contributed by atoms with van der Waals surface area (Å²) >= 11 is 0. The van der Waals surface area contributed by atoms with Gasteiger partial charge in [-0.2, -0.15) is 0 Å². The van der Waals surface area contributed by atoms with Crippen LogP contribution in [0.1, 0.15) is 20.8 Å². The van der Waals surface area contributed by atoms with Gasteiger partial charge in [-0.15, -0.1) is 0 Å². The summed E-state index contributed by atoms with van der Waals surface area (Å²) in [6.45, 7) is 6.29. The molecule has 1 rings (SSSR count). The van der Waals surface area contributed by atoms with Gasteiger partial charge in [-0.1, -0.05) is 0 Å². The predicted octanol–water partition coefficient (Wildman–Crippen LogP) is 0.727. The first-order valence-corrected chi connectivity index (χ1v) is 4.72. The van der Waals surface area contributed by atoms with Gasteiger partial charge in [-0.3, -0.25) is 14.5 Å². The van der Waals surface area contributed by atoms with Crippen molar-refractivity contribution in [2.75, 3.05) is 13.2 Å². The fourth-order valence-electron chi connectivity index (χ4n) is 1.41. The number of imide groups is 1. The van der Waals surface area contributed by atoms with E-state index in [1.54, 1.807) is 6.92 Å². The number of nitrogens with zero attached hydrogens (tertiary/aromatic N) is 1. The van der Waals surface area contributed by atoms with Gasteiger partial charge in [0.15, 0.2) is 0 Å². The van der Waals surface area contributed by atoms with Crippen molar-refractivity contribution in [2.45, 2.75) is 26.9 Å². The van der Waals surface area contributed by atoms with E-state index < -0.39 is 0 Å². The first kappa shape index (κ1) is 10.9. The third kappa shape index (κ3) is 2.20. The fraction of sp³-hybridized carbons (Fsp3) is 0.600. The minimum Gasteiger partial charge on any atom is -0.377 e. The van der Waals surface area contributed by atoms with Crippen LogP contribution in [0.25, 0.3) is 0 Å². The normalized spacial score (nSPS) is 18.8. The number of carbonyl (C=O) groups is 2. The largest absolute Gasteiger partial charge is 0.377 e. The Morgan fingerprint density at radius 1 is 1.50 bits per heavy atom. The van der Waals surface area contributed by atoms with Gasteiger partial charge in [0.25, 0.3) is 11.8 Å². The minimum atomic E-state index is -0.237. The molecule has 0 saturated carbocycles. The van der Waals surface area contributed by atoms with Gasteiger partial charge in [-0.05, 0) is 20.8 Å². The maximum Gasteiger partial charge on any atom is 0.256 e. The van der Waals surface area contributed by atoms with Crippen LogP contribution in [0.4, 0.5) is 0 Å². The monoisotopic (exact) mass is 197 g/mol. The lowest BCUT2D eigenvalue weighted by Gasteiger charge is -2.19. The van der Waals surface area contributed by atoms with Crippen molar-refractivity contribution in [3.8, 4) is 0 Å². The van der Waals surface area contributed by atoms with Gasteiger partial charge in [0, 0.05) is 18.3 Å². The van der Waals surface area contributed by atoms with E-state index in [0.717, 1.165) is 0 Å². The van der Waals surface area contributed by atoms with Gasteiger partial charge in [0.05, 0.1) is 12.6 Å². The van der Waals surface area contributed by atoms with Crippen LogP contribution in [0.15, 0.2) is 11.6 Å². The zero-order valence-electron chi connectivity index (χ0n) is 8.74. The molecule has 0 saturated heterocycles. The van der Waals surface area contributed by atoms with E-state index in [0.29, 0.717) is 18.7 Å². The van der Waals surface area contributed by atoms with E-state index in [1.807, 2.05) is 13.8 Å². The highest BCUT2D eigenvalue weighted by atomic mass is 16.5. The highest BCUT2D eigenvalue weighted by molar-refractivity contribution is 6.15. The molecule has 0 aromatic carbocycles. The molecule has 0 N–H and O–H groups in total. The summed E-state index contributed by atoms with van der Waals surface area (Å²) in [7, 11) is 0. The molecule has 0 aliphatic carbocycles. The van der Waals surface area contributed by atoms with Gasteiger partial charge >= 0.3 is 0 Å². The molecule has 0 bridgehead atoms. The summed E-state index contributed by atoms with van der Waals surface area (Å²) in [5.74, 6) is -0.444. The zero-order valence-corrected chi connectivity index (χ0v) is 8.74. The maximum atomic E-state index is 11.4. The van der Waals surface area contributed by atoms with Crippen LogP contribution in [0, 0.1) is 0 Å². The molecule has 4 heteroatoms. The summed E-state index contributed by atoms with van der Waals surface area (Å²) in [6.07, 6.45) is 1.26. The Kier molecular flexibility index (Phi) is 3.41. The number of ether oxygens (including phenoxy) is 1. The summed E-state index contributed by atoms with van der Waals surface area (Å²) < 4.78 is 5.27. The Balaban J connectivity index is 2.55. The summed E-state index contributed by atoms with van der Waals surface area (Å²) in [5.41, 5.74) is 0.499. The van der Waals surface area contributed by atoms with E-state index in [9.17, 15) is 9.59 Å². The highest BCUT2D eigenvalue weighted by Gasteiger charge is 2.29. The predicted molar refractivity (Wildman–Crippen MR) is 51.6 cm³/mol. The van der Waals surface area contributed by atoms with E-state index >= 15 is 0 Å². The summed E-state index contributed by atoms with van der Waals surface area (Å²) in [6, 6.07) is 0. The topological polar surface area (TPSA) is 46.6 Å². The first-order chi connectivity index (χ1) is 6.56.